The van der Waals surface area contributed by atoms with Crippen molar-refractivity contribution in [2.45, 2.75) is 115 Å². The number of benzene rings is 2. The molecule has 0 amide bonds. The van der Waals surface area contributed by atoms with Gasteiger partial charge >= 0.3 is 0 Å². The number of nitriles is 2. The van der Waals surface area contributed by atoms with Crippen LogP contribution >= 0.6 is 0 Å². The highest BCUT2D eigenvalue weighted by atomic mass is 16.5. The van der Waals surface area contributed by atoms with E-state index < -0.39 is 0 Å². The van der Waals surface area contributed by atoms with Crippen molar-refractivity contribution in [3.63, 3.8) is 0 Å². The maximum Gasteiger partial charge on any atom is 0.239 e. The van der Waals surface area contributed by atoms with Gasteiger partial charge < -0.3 is 53.6 Å². The molecule has 22 heteroatoms. The summed E-state index contributed by atoms with van der Waals surface area (Å²) in [5.74, 6) is 4.39. The molecule has 1 aliphatic carbocycles. The van der Waals surface area contributed by atoms with Gasteiger partial charge in [0, 0.05) is 99.6 Å². The van der Waals surface area contributed by atoms with E-state index in [1.54, 1.807) is 50.9 Å². The molecular weight excluding hydrogens is 1080 g/mol. The number of carbonyl (C=O) groups excluding carboxylic acids is 1. The van der Waals surface area contributed by atoms with Crippen LogP contribution in [0.2, 0.25) is 0 Å². The topological polar surface area (TPSA) is 244 Å². The zero-order chi connectivity index (χ0) is 59.0. The Labute approximate surface area is 496 Å². The summed E-state index contributed by atoms with van der Waals surface area (Å²) in [6.07, 6.45) is 7.39. The van der Waals surface area contributed by atoms with Crippen molar-refractivity contribution in [1.29, 1.82) is 10.5 Å². The normalized spacial score (nSPS) is 21.7. The highest BCUT2D eigenvalue weighted by molar-refractivity contribution is 5.79. The van der Waals surface area contributed by atoms with E-state index in [-0.39, 0.29) is 18.0 Å². The molecule has 2 aromatic carbocycles. The molecule has 12 rings (SSSR count). The Bertz CT molecular complexity index is 3370. The van der Waals surface area contributed by atoms with Gasteiger partial charge in [0.05, 0.1) is 94.6 Å². The van der Waals surface area contributed by atoms with Crippen LogP contribution in [0.5, 0.6) is 23.3 Å². The quantitative estimate of drug-likeness (QED) is 0.0924. The van der Waals surface area contributed by atoms with Crippen molar-refractivity contribution >= 4 is 40.7 Å². The van der Waals surface area contributed by atoms with Crippen LogP contribution in [0.25, 0.3) is 22.5 Å². The van der Waals surface area contributed by atoms with Crippen LogP contribution in [-0.2, 0) is 19.0 Å². The molecule has 9 heterocycles. The zero-order valence-corrected chi connectivity index (χ0v) is 49.1. The number of Topliss-reactive ketones (excluding diaryl/α,β-unsaturated/α-hetero) is 1. The largest absolute Gasteiger partial charge is 0.489 e. The number of anilines is 6. The van der Waals surface area contributed by atoms with Crippen molar-refractivity contribution in [1.82, 2.24) is 39.7 Å². The molecule has 444 valence electrons. The number of hydrogen-bond donors (Lipinski definition) is 2. The minimum absolute atomic E-state index is 0.0553. The molecule has 1 saturated carbocycles. The number of piperazine rings is 2. The lowest BCUT2D eigenvalue weighted by Crippen LogP contribution is -2.64. The second-order valence-electron chi connectivity index (χ2n) is 22.6. The van der Waals surface area contributed by atoms with Gasteiger partial charge in [0.1, 0.15) is 58.5 Å². The third-order valence-corrected chi connectivity index (χ3v) is 16.6. The molecule has 4 aromatic heterocycles. The molecule has 0 bridgehead atoms. The Morgan fingerprint density at radius 3 is 1.35 bits per heavy atom. The Morgan fingerprint density at radius 1 is 0.541 bits per heavy atom. The molecule has 5 aliphatic heterocycles. The lowest BCUT2D eigenvalue weighted by atomic mass is 9.96. The van der Waals surface area contributed by atoms with E-state index in [9.17, 15) is 15.3 Å². The number of nitrogens with one attached hydrogen (secondary N) is 2. The summed E-state index contributed by atoms with van der Waals surface area (Å²) in [5.41, 5.74) is 5.73. The fourth-order valence-electron chi connectivity index (χ4n) is 12.4. The Kier molecular flexibility index (Phi) is 18.4. The molecule has 6 fully saturated rings. The van der Waals surface area contributed by atoms with Crippen LogP contribution in [0.15, 0.2) is 85.2 Å². The molecule has 22 nitrogen and oxygen atoms in total. The van der Waals surface area contributed by atoms with Crippen molar-refractivity contribution in [3.8, 4) is 57.9 Å². The second-order valence-corrected chi connectivity index (χ2v) is 22.6. The van der Waals surface area contributed by atoms with Gasteiger partial charge in [0.2, 0.25) is 23.7 Å². The Morgan fingerprint density at radius 2 is 0.965 bits per heavy atom. The number of rotatable bonds is 16. The predicted octanol–water partition coefficient (Wildman–Crippen LogP) is 8.37. The van der Waals surface area contributed by atoms with Crippen LogP contribution < -0.4 is 39.4 Å². The smallest absolute Gasteiger partial charge is 0.239 e. The first-order valence-corrected chi connectivity index (χ1v) is 29.5. The summed E-state index contributed by atoms with van der Waals surface area (Å²) in [6, 6.07) is 29.6. The monoisotopic (exact) mass is 1150 g/mol. The van der Waals surface area contributed by atoms with Crippen LogP contribution in [0.1, 0.15) is 77.3 Å². The number of pyridine rings is 2. The molecule has 85 heavy (non-hydrogen) atoms. The van der Waals surface area contributed by atoms with Gasteiger partial charge in [-0.05, 0) is 113 Å². The average molecular weight is 1160 g/mol. The molecule has 5 saturated heterocycles. The molecule has 4 atom stereocenters. The molecule has 6 aliphatic rings. The number of aromatic nitrogens is 6. The SMILES string of the molecule is COc1nc(Nc2nccc(-c3ccc(OC4CCC(=O)CC4)c(C#N)c3)n2)ccc1N1C[C@@H](C)N(C2COC2)[C@@H](C)C1.COc1nc(Nc2nccc(-c3ccc(OC4CCOCC4)c(C#N)c3)n2)ccc1N1C[C@@H](C)N(C2COC2)[C@@H](C)C1. The van der Waals surface area contributed by atoms with Gasteiger partial charge in [-0.2, -0.15) is 20.5 Å². The summed E-state index contributed by atoms with van der Waals surface area (Å²) in [4.78, 5) is 49.0. The van der Waals surface area contributed by atoms with Crippen LogP contribution in [0.3, 0.4) is 0 Å². The predicted molar refractivity (Wildman–Crippen MR) is 320 cm³/mol. The zero-order valence-electron chi connectivity index (χ0n) is 49.1. The first-order chi connectivity index (χ1) is 41.4. The van der Waals surface area contributed by atoms with E-state index in [2.05, 4.69) is 90.0 Å². The molecule has 0 unspecified atom stereocenters. The van der Waals surface area contributed by atoms with Crippen molar-refractivity contribution in [2.75, 3.05) is 100 Å². The molecule has 6 aromatic rings. The minimum Gasteiger partial charge on any atom is -0.489 e. The highest BCUT2D eigenvalue weighted by Crippen LogP contribution is 2.37. The van der Waals surface area contributed by atoms with Crippen molar-refractivity contribution in [2.24, 2.45) is 0 Å². The number of ketones is 1. The molecule has 2 N–H and O–H groups in total. The van der Waals surface area contributed by atoms with Gasteiger partial charge in [-0.3, -0.25) is 14.6 Å². The van der Waals surface area contributed by atoms with Crippen LogP contribution in [0, 0.1) is 22.7 Å². The lowest BCUT2D eigenvalue weighted by Gasteiger charge is -2.51. The van der Waals surface area contributed by atoms with Gasteiger partial charge in [-0.1, -0.05) is 0 Å². The number of hydrogen-bond acceptors (Lipinski definition) is 22. The summed E-state index contributed by atoms with van der Waals surface area (Å²) in [5, 5.41) is 26.0. The molecule has 0 spiro atoms. The summed E-state index contributed by atoms with van der Waals surface area (Å²) >= 11 is 0. The number of carbonyl (C=O) groups is 1. The van der Waals surface area contributed by atoms with E-state index in [4.69, 9.17) is 43.1 Å². The first-order valence-electron chi connectivity index (χ1n) is 29.5. The maximum atomic E-state index is 11.6. The number of ether oxygens (including phenoxy) is 7. The average Bonchev–Trinajstić information content (AvgIpc) is 3.23. The molecule has 0 radical (unpaired) electrons. The summed E-state index contributed by atoms with van der Waals surface area (Å²) in [6.45, 7) is 17.2. The van der Waals surface area contributed by atoms with E-state index in [1.807, 2.05) is 48.5 Å². The lowest BCUT2D eigenvalue weighted by molar-refractivity contribution is -0.121. The minimum atomic E-state index is -0.0553. The van der Waals surface area contributed by atoms with E-state index in [1.165, 1.54) is 0 Å². The van der Waals surface area contributed by atoms with E-state index >= 15 is 0 Å². The fraction of sp³-hybridized carbons (Fsp3) is 0.476. The highest BCUT2D eigenvalue weighted by Gasteiger charge is 2.40. The Balaban J connectivity index is 0.000000177. The summed E-state index contributed by atoms with van der Waals surface area (Å²) in [7, 11) is 3.28. The van der Waals surface area contributed by atoms with Crippen molar-refractivity contribution in [3.05, 3.63) is 96.3 Å². The number of methoxy groups -OCH3 is 2. The molecular formula is C63H74N14O8. The standard InChI is InChI=1S/C32H37N7O4.C31H37N7O4/c1-20-16-38(17-21(2)39(20)24-18-42-19-24)28-9-11-30(36-31(28)41-3)37-32-34-13-12-27(35-32)22-4-10-29(23(14-22)15-33)43-26-7-5-25(40)6-8-26;1-20-16-37(17-21(2)38(20)24-18-41-19-24)27-5-7-29(35-30(27)39-3)36-31-33-11-8-26(34-31)22-4-6-28(23(14-22)15-32)42-25-9-12-40-13-10-25/h4,9-14,20-21,24,26H,5-8,16-19H2,1-3H3,(H,34,35,36,37);4-8,11,14,20-21,24-25H,9-10,12-13,16-19H2,1-3H3,(H,33,34,35,36)/t2*20-,21+. The Hall–Kier alpha value is -8.25. The number of nitrogens with zero attached hydrogens (tertiary/aromatic N) is 12. The second kappa shape index (κ2) is 26.8. The van der Waals surface area contributed by atoms with Crippen LogP contribution in [0.4, 0.5) is 34.9 Å². The third-order valence-electron chi connectivity index (χ3n) is 16.6. The fourth-order valence-corrected chi connectivity index (χ4v) is 12.4. The van der Waals surface area contributed by atoms with E-state index in [0.717, 1.165) is 87.9 Å². The van der Waals surface area contributed by atoms with Crippen LogP contribution in [-0.4, -0.2) is 174 Å². The van der Waals surface area contributed by atoms with Gasteiger partial charge in [0.25, 0.3) is 0 Å². The third kappa shape index (κ3) is 13.6. The van der Waals surface area contributed by atoms with Crippen molar-refractivity contribution < 1.29 is 38.0 Å². The van der Waals surface area contributed by atoms with E-state index in [0.29, 0.717) is 144 Å². The van der Waals surface area contributed by atoms with Gasteiger partial charge in [-0.25, -0.2) is 19.9 Å². The summed E-state index contributed by atoms with van der Waals surface area (Å²) < 4.78 is 39.9. The van der Waals surface area contributed by atoms with Gasteiger partial charge in [0.15, 0.2) is 0 Å². The first kappa shape index (κ1) is 58.5. The van der Waals surface area contributed by atoms with Gasteiger partial charge in [-0.15, -0.1) is 0 Å². The maximum absolute atomic E-state index is 11.6.